The summed E-state index contributed by atoms with van der Waals surface area (Å²) in [6, 6.07) is 22.3. The first kappa shape index (κ1) is 18.0. The summed E-state index contributed by atoms with van der Waals surface area (Å²) in [5.74, 6) is 0.545. The molecule has 4 aromatic rings. The van der Waals surface area contributed by atoms with Crippen molar-refractivity contribution in [3.05, 3.63) is 94.8 Å². The van der Waals surface area contributed by atoms with Crippen molar-refractivity contribution in [2.24, 2.45) is 0 Å². The monoisotopic (exact) mass is 369 g/mol. The van der Waals surface area contributed by atoms with Crippen LogP contribution in [0.25, 0.3) is 10.9 Å². The maximum Gasteiger partial charge on any atom is 0.230 e. The molecule has 2 aromatic heterocycles. The Morgan fingerprint density at radius 1 is 1.00 bits per heavy atom. The van der Waals surface area contributed by atoms with Crippen molar-refractivity contribution >= 4 is 22.6 Å². The highest BCUT2D eigenvalue weighted by Crippen LogP contribution is 2.25. The van der Waals surface area contributed by atoms with E-state index in [1.807, 2.05) is 56.3 Å². The first-order chi connectivity index (χ1) is 13.6. The third-order valence-electron chi connectivity index (χ3n) is 4.83. The van der Waals surface area contributed by atoms with Gasteiger partial charge in [-0.15, -0.1) is 0 Å². The average molecular weight is 369 g/mol. The lowest BCUT2D eigenvalue weighted by Crippen LogP contribution is -2.16. The molecular formula is C24H23N3O. The van der Waals surface area contributed by atoms with Gasteiger partial charge in [-0.25, -0.2) is 4.98 Å². The molecule has 2 heterocycles. The number of carbonyl (C=O) groups is 1. The normalized spacial score (nSPS) is 10.9. The number of para-hydroxylation sites is 1. The lowest BCUT2D eigenvalue weighted by molar-refractivity contribution is -0.115. The van der Waals surface area contributed by atoms with Crippen LogP contribution in [-0.4, -0.2) is 15.9 Å². The minimum atomic E-state index is -0.0587. The number of aromatic nitrogens is 2. The Morgan fingerprint density at radius 2 is 1.75 bits per heavy atom. The maximum atomic E-state index is 12.8. The van der Waals surface area contributed by atoms with E-state index in [9.17, 15) is 4.79 Å². The van der Waals surface area contributed by atoms with E-state index in [0.29, 0.717) is 12.2 Å². The van der Waals surface area contributed by atoms with Crippen LogP contribution in [-0.2, 0) is 17.6 Å². The van der Waals surface area contributed by atoms with Gasteiger partial charge >= 0.3 is 0 Å². The smallest absolute Gasteiger partial charge is 0.230 e. The van der Waals surface area contributed by atoms with E-state index >= 15 is 0 Å². The number of anilines is 1. The van der Waals surface area contributed by atoms with Gasteiger partial charge in [-0.2, -0.15) is 0 Å². The second-order valence-corrected chi connectivity index (χ2v) is 7.19. The first-order valence-electron chi connectivity index (χ1n) is 9.46. The van der Waals surface area contributed by atoms with E-state index in [0.717, 1.165) is 39.8 Å². The molecule has 1 amide bonds. The number of aryl methyl sites for hydroxylation is 2. The number of nitrogens with zero attached hydrogens (tertiary/aromatic N) is 1. The van der Waals surface area contributed by atoms with Gasteiger partial charge in [0.2, 0.25) is 5.91 Å². The molecule has 0 bridgehead atoms. The van der Waals surface area contributed by atoms with Gasteiger partial charge in [0.15, 0.2) is 0 Å². The number of pyridine rings is 1. The highest BCUT2D eigenvalue weighted by atomic mass is 16.1. The largest absolute Gasteiger partial charge is 0.358 e. The molecule has 0 aliphatic carbocycles. The average Bonchev–Trinajstić information content (AvgIpc) is 2.99. The molecule has 0 saturated heterocycles. The molecule has 2 N–H and O–H groups in total. The molecule has 0 radical (unpaired) electrons. The SMILES string of the molecule is Cc1cc(C)nc(NC(=O)Cc2c(Cc3ccccc3)[nH]c3ccccc23)c1. The highest BCUT2D eigenvalue weighted by molar-refractivity contribution is 5.96. The minimum Gasteiger partial charge on any atom is -0.358 e. The summed E-state index contributed by atoms with van der Waals surface area (Å²) in [6.45, 7) is 3.93. The Balaban J connectivity index is 1.63. The Labute approximate surface area is 164 Å². The lowest BCUT2D eigenvalue weighted by Gasteiger charge is -2.08. The van der Waals surface area contributed by atoms with E-state index in [4.69, 9.17) is 0 Å². The maximum absolute atomic E-state index is 12.8. The second kappa shape index (κ2) is 7.69. The number of hydrogen-bond donors (Lipinski definition) is 2. The fourth-order valence-electron chi connectivity index (χ4n) is 3.66. The number of rotatable bonds is 5. The predicted octanol–water partition coefficient (Wildman–Crippen LogP) is 4.95. The van der Waals surface area contributed by atoms with Gasteiger partial charge in [-0.1, -0.05) is 48.5 Å². The molecule has 0 saturated carbocycles. The number of aromatic amines is 1. The Morgan fingerprint density at radius 3 is 2.54 bits per heavy atom. The Kier molecular flexibility index (Phi) is 4.94. The van der Waals surface area contributed by atoms with E-state index in [1.54, 1.807) is 0 Å². The molecular weight excluding hydrogens is 346 g/mol. The van der Waals surface area contributed by atoms with Crippen LogP contribution in [0, 0.1) is 13.8 Å². The van der Waals surface area contributed by atoms with Crippen LogP contribution in [0.15, 0.2) is 66.7 Å². The van der Waals surface area contributed by atoms with Gasteiger partial charge in [0, 0.05) is 28.7 Å². The summed E-state index contributed by atoms with van der Waals surface area (Å²) in [7, 11) is 0. The van der Waals surface area contributed by atoms with E-state index < -0.39 is 0 Å². The molecule has 0 unspecified atom stereocenters. The number of fused-ring (bicyclic) bond motifs is 1. The molecule has 4 heteroatoms. The highest BCUT2D eigenvalue weighted by Gasteiger charge is 2.15. The molecule has 140 valence electrons. The van der Waals surface area contributed by atoms with Crippen molar-refractivity contribution in [1.82, 2.24) is 9.97 Å². The van der Waals surface area contributed by atoms with Crippen molar-refractivity contribution in [1.29, 1.82) is 0 Å². The van der Waals surface area contributed by atoms with Crippen molar-refractivity contribution in [2.45, 2.75) is 26.7 Å². The van der Waals surface area contributed by atoms with E-state index in [1.165, 1.54) is 5.56 Å². The van der Waals surface area contributed by atoms with E-state index in [-0.39, 0.29) is 5.91 Å². The molecule has 28 heavy (non-hydrogen) atoms. The molecule has 0 fully saturated rings. The Hall–Kier alpha value is -3.40. The van der Waals surface area contributed by atoms with Gasteiger partial charge < -0.3 is 10.3 Å². The van der Waals surface area contributed by atoms with Crippen LogP contribution in [0.5, 0.6) is 0 Å². The summed E-state index contributed by atoms with van der Waals surface area (Å²) < 4.78 is 0. The van der Waals surface area contributed by atoms with Crippen molar-refractivity contribution in [3.8, 4) is 0 Å². The predicted molar refractivity (Wildman–Crippen MR) is 114 cm³/mol. The summed E-state index contributed by atoms with van der Waals surface area (Å²) in [5.41, 5.74) is 6.37. The zero-order valence-electron chi connectivity index (χ0n) is 16.1. The summed E-state index contributed by atoms with van der Waals surface area (Å²) in [6.07, 6.45) is 1.07. The molecule has 4 nitrogen and oxygen atoms in total. The van der Waals surface area contributed by atoms with Crippen LogP contribution in [0.1, 0.15) is 28.1 Å². The topological polar surface area (TPSA) is 57.8 Å². The van der Waals surface area contributed by atoms with Crippen molar-refractivity contribution < 1.29 is 4.79 Å². The second-order valence-electron chi connectivity index (χ2n) is 7.19. The molecule has 0 spiro atoms. The fraction of sp³-hybridized carbons (Fsp3) is 0.167. The molecule has 0 aliphatic heterocycles. The zero-order chi connectivity index (χ0) is 19.5. The third-order valence-corrected chi connectivity index (χ3v) is 4.83. The van der Waals surface area contributed by atoms with Crippen molar-refractivity contribution in [2.75, 3.05) is 5.32 Å². The minimum absolute atomic E-state index is 0.0587. The number of hydrogen-bond acceptors (Lipinski definition) is 2. The molecule has 4 rings (SSSR count). The number of carbonyl (C=O) groups excluding carboxylic acids is 1. The number of amides is 1. The van der Waals surface area contributed by atoms with Gasteiger partial charge in [-0.3, -0.25) is 4.79 Å². The standard InChI is InChI=1S/C24H23N3O/c1-16-12-17(2)25-23(13-16)27-24(28)15-20-19-10-6-7-11-21(19)26-22(20)14-18-8-4-3-5-9-18/h3-13,26H,14-15H2,1-2H3,(H,25,27,28). The lowest BCUT2D eigenvalue weighted by atomic mass is 10.0. The van der Waals surface area contributed by atoms with Gasteiger partial charge in [0.05, 0.1) is 6.42 Å². The number of nitrogens with one attached hydrogen (secondary N) is 2. The van der Waals surface area contributed by atoms with Crippen LogP contribution in [0.3, 0.4) is 0 Å². The molecule has 0 atom stereocenters. The third kappa shape index (κ3) is 3.96. The van der Waals surface area contributed by atoms with Crippen LogP contribution >= 0.6 is 0 Å². The summed E-state index contributed by atoms with van der Waals surface area (Å²) in [5, 5.41) is 4.05. The molecule has 2 aromatic carbocycles. The fourth-order valence-corrected chi connectivity index (χ4v) is 3.66. The van der Waals surface area contributed by atoms with Gasteiger partial charge in [-0.05, 0) is 48.7 Å². The zero-order valence-corrected chi connectivity index (χ0v) is 16.1. The van der Waals surface area contributed by atoms with E-state index in [2.05, 4.69) is 39.6 Å². The van der Waals surface area contributed by atoms with Crippen LogP contribution in [0.2, 0.25) is 0 Å². The summed E-state index contributed by atoms with van der Waals surface area (Å²) >= 11 is 0. The quantitative estimate of drug-likeness (QED) is 0.523. The van der Waals surface area contributed by atoms with Gasteiger partial charge in [0.1, 0.15) is 5.82 Å². The van der Waals surface area contributed by atoms with Crippen molar-refractivity contribution in [3.63, 3.8) is 0 Å². The Bertz CT molecular complexity index is 1110. The molecule has 0 aliphatic rings. The van der Waals surface area contributed by atoms with Crippen LogP contribution in [0.4, 0.5) is 5.82 Å². The van der Waals surface area contributed by atoms with Gasteiger partial charge in [0.25, 0.3) is 0 Å². The number of benzene rings is 2. The van der Waals surface area contributed by atoms with Crippen LogP contribution < -0.4 is 5.32 Å². The first-order valence-corrected chi connectivity index (χ1v) is 9.46. The number of H-pyrrole nitrogens is 1. The summed E-state index contributed by atoms with van der Waals surface area (Å²) in [4.78, 5) is 20.7.